The minimum Gasteiger partial charge on any atom is -0.435 e. The zero-order valence-corrected chi connectivity index (χ0v) is 65.5. The van der Waals surface area contributed by atoms with E-state index in [9.17, 15) is 49.0 Å². The van der Waals surface area contributed by atoms with Crippen molar-refractivity contribution < 1.29 is 77.9 Å². The van der Waals surface area contributed by atoms with Crippen molar-refractivity contribution in [1.82, 2.24) is 64.9 Å². The molecule has 0 atom stereocenters. The third-order valence-electron chi connectivity index (χ3n) is 16.8. The van der Waals surface area contributed by atoms with Crippen molar-refractivity contribution in [3.05, 3.63) is 201 Å². The Hall–Kier alpha value is -9.87. The normalized spacial score (nSPS) is 11.5. The van der Waals surface area contributed by atoms with Crippen LogP contribution < -0.4 is 37.7 Å². The highest BCUT2D eigenvalue weighted by Crippen LogP contribution is 2.41. The fourth-order valence-electron chi connectivity index (χ4n) is 9.24. The number of nitrogens with two attached hydrogens (primary N) is 2. The van der Waals surface area contributed by atoms with Crippen LogP contribution in [-0.2, 0) is 28.7 Å². The van der Waals surface area contributed by atoms with Gasteiger partial charge in [-0.3, -0.25) is 0 Å². The molecule has 0 aliphatic heterocycles. The minimum atomic E-state index is -2.98. The fraction of sp³-hybridized carbons (Fsp3) is 0.282. The second-order valence-electron chi connectivity index (χ2n) is 26.6. The Morgan fingerprint density at radius 1 is 0.491 bits per heavy atom. The van der Waals surface area contributed by atoms with E-state index in [4.69, 9.17) is 60.2 Å². The molecule has 39 heteroatoms. The number of rotatable bonds is 18. The van der Waals surface area contributed by atoms with Crippen molar-refractivity contribution in [3.8, 4) is 45.7 Å². The Morgan fingerprint density at radius 3 is 1.16 bits per heavy atom. The third-order valence-corrected chi connectivity index (χ3v) is 26.5. The topological polar surface area (TPSA) is 349 Å². The van der Waals surface area contributed by atoms with Gasteiger partial charge in [-0.25, -0.2) is 61.0 Å². The van der Waals surface area contributed by atoms with Crippen LogP contribution >= 0.6 is 34.8 Å². The van der Waals surface area contributed by atoms with Crippen LogP contribution in [0.3, 0.4) is 0 Å². The van der Waals surface area contributed by atoms with Gasteiger partial charge in [0.1, 0.15) is 29.0 Å². The fourth-order valence-corrected chi connectivity index (χ4v) is 11.7. The number of nitrogens with one attached hydrogen (secondary N) is 2. The summed E-state index contributed by atoms with van der Waals surface area (Å²) in [6, 6.07) is 25.9. The molecule has 9 aromatic heterocycles. The largest absolute Gasteiger partial charge is 0.435 e. The summed E-state index contributed by atoms with van der Waals surface area (Å²) < 4.78 is 160. The lowest BCUT2D eigenvalue weighted by atomic mass is 10.2. The molecule has 0 unspecified atom stereocenters. The first-order chi connectivity index (χ1) is 50.7. The number of aliphatic hydroxyl groups excluding tert-OH is 2. The summed E-state index contributed by atoms with van der Waals surface area (Å²) in [5.41, 5.74) is 16.8. The lowest BCUT2D eigenvalue weighted by Gasteiger charge is -2.35. The number of aliphatic hydroxyl groups is 2. The summed E-state index contributed by atoms with van der Waals surface area (Å²) in [5.74, 6) is -5.55. The number of ether oxygens (including phenoxy) is 2. The molecule has 13 N–H and O–H groups in total. The summed E-state index contributed by atoms with van der Waals surface area (Å²) in [5, 5.41) is 34.5. The van der Waals surface area contributed by atoms with Gasteiger partial charge in [-0.15, -0.1) is 0 Å². The average Bonchev–Trinajstić information content (AvgIpc) is 1.62. The molecule has 0 spiro atoms. The standard InChI is InChI=1S/C25H26ClF4N5O2Si.C19H14F4N6O2.C18H20Cl2F2N4OSi.C7H9N.C2H6O.H3N.H2O/c1-25(2,3)38(4,5)36-13-17-19(18-12-14(27)10-11-35(18)34-17)22-32-21(26)20(28)23(33-22)31-15-6-8-16(9-7-15)37-24(29)30;20-9-5-6-29-13(7-9)14(12(8-30)28-29)17-26-16(24)15(21)18(27-17)25-10-1-3-11(4-2-10)31-19(22)23;1-18(2,3)28(4,5)27-9-11-13(12-8-10(21)6-7-26(12)25-11)17-23-15(19)14(22)16(20)24-17;1-6-2-4-7(8)5-3-6;1-2-3;;/h6-12,24H,13H2,1-5H3,(H,31,32,33);1-7,19,30H,8H2,(H3,24,25,26,27);6-8H,9H2,1-5H3;2-5H,8H2,1H3;3H,2H2,1H3;1H3;1H2. The number of anilines is 6. The number of aryl methyl sites for hydroxylation is 1. The number of pyridine rings is 3. The highest BCUT2D eigenvalue weighted by atomic mass is 35.5. The summed E-state index contributed by atoms with van der Waals surface area (Å²) in [4.78, 5) is 24.4. The molecule has 24 nitrogen and oxygen atoms in total. The number of benzene rings is 3. The molecular weight excluding hydrogens is 1560 g/mol. The van der Waals surface area contributed by atoms with E-state index in [-0.39, 0.29) is 98.9 Å². The van der Waals surface area contributed by atoms with Gasteiger partial charge < -0.3 is 62.3 Å². The van der Waals surface area contributed by atoms with E-state index in [1.807, 2.05) is 31.2 Å². The molecule has 3 aromatic carbocycles. The molecular formula is C71H80Cl3F10N17O7Si2. The van der Waals surface area contributed by atoms with Gasteiger partial charge in [-0.2, -0.15) is 41.6 Å². The minimum absolute atomic E-state index is 0. The maximum absolute atomic E-state index is 14.9. The molecule has 0 bridgehead atoms. The Balaban J connectivity index is 0.000000240. The van der Waals surface area contributed by atoms with E-state index in [2.05, 4.69) is 133 Å². The van der Waals surface area contributed by atoms with Gasteiger partial charge in [-0.1, -0.05) is 94.0 Å². The van der Waals surface area contributed by atoms with Crippen molar-refractivity contribution in [1.29, 1.82) is 0 Å². The molecule has 0 fully saturated rings. The number of halogens is 13. The molecule has 9 heterocycles. The van der Waals surface area contributed by atoms with Crippen molar-refractivity contribution in [2.45, 2.75) is 125 Å². The lowest BCUT2D eigenvalue weighted by molar-refractivity contribution is -0.0505. The van der Waals surface area contributed by atoms with Crippen LogP contribution in [0.2, 0.25) is 51.7 Å². The highest BCUT2D eigenvalue weighted by Gasteiger charge is 2.39. The van der Waals surface area contributed by atoms with E-state index < -0.39 is 92.6 Å². The molecule has 0 aliphatic carbocycles. The van der Waals surface area contributed by atoms with Gasteiger partial charge in [0.25, 0.3) is 0 Å². The van der Waals surface area contributed by atoms with Gasteiger partial charge in [0, 0.05) is 60.5 Å². The SMILES string of the molecule is CC(C)(C)[Si](C)(C)OCc1nn2ccc(F)cc2c1-c1nc(Cl)c(F)c(Cl)n1.CC(C)(C)[Si](C)(C)OCc1nn2ccc(F)cc2c1-c1nc(Cl)c(F)c(Nc2ccc(OC(F)F)cc2)n1.CCO.Cc1ccc(N)cc1.N.Nc1nc(-c2c(CO)nn3ccc(F)cc23)nc(Nc2ccc(OC(F)F)cc2)c1F.O. The summed E-state index contributed by atoms with van der Waals surface area (Å²) >= 11 is 17.8. The predicted octanol–water partition coefficient (Wildman–Crippen LogP) is 17.9. The van der Waals surface area contributed by atoms with Crippen molar-refractivity contribution in [2.24, 2.45) is 0 Å². The molecule has 12 rings (SSSR count). The zero-order valence-electron chi connectivity index (χ0n) is 61.3. The molecule has 0 saturated heterocycles. The summed E-state index contributed by atoms with van der Waals surface area (Å²) in [6.45, 7) is 18.9. The quantitative estimate of drug-likeness (QED) is 0.0182. The van der Waals surface area contributed by atoms with Crippen molar-refractivity contribution in [3.63, 3.8) is 0 Å². The Kier molecular flexibility index (Phi) is 30.5. The molecule has 12 aromatic rings. The monoisotopic (exact) mass is 1630 g/mol. The Labute approximate surface area is 641 Å². The molecule has 0 amide bonds. The Bertz CT molecular complexity index is 5060. The second-order valence-corrected chi connectivity index (χ2v) is 37.3. The van der Waals surface area contributed by atoms with Crippen LogP contribution in [0.5, 0.6) is 11.5 Å². The highest BCUT2D eigenvalue weighted by molar-refractivity contribution is 6.74. The zero-order chi connectivity index (χ0) is 79.5. The van der Waals surface area contributed by atoms with E-state index in [0.29, 0.717) is 44.9 Å². The number of alkyl halides is 4. The van der Waals surface area contributed by atoms with Crippen LogP contribution in [0.1, 0.15) is 71.1 Å². The first kappa shape index (κ1) is 89.0. The van der Waals surface area contributed by atoms with Gasteiger partial charge in [0.2, 0.25) is 11.6 Å². The molecule has 0 radical (unpaired) electrons. The Morgan fingerprint density at radius 2 is 0.818 bits per heavy atom. The molecule has 0 saturated carbocycles. The van der Waals surface area contributed by atoms with Crippen molar-refractivity contribution >= 4 is 103 Å². The maximum Gasteiger partial charge on any atom is 0.387 e. The number of nitrogens with zero attached hydrogens (tertiary/aromatic N) is 12. The predicted molar refractivity (Wildman–Crippen MR) is 407 cm³/mol. The van der Waals surface area contributed by atoms with Crippen LogP contribution in [0.15, 0.2) is 128 Å². The number of hydrogen-bond acceptors (Lipinski definition) is 20. The van der Waals surface area contributed by atoms with Crippen LogP contribution in [-0.4, -0.2) is 111 Å². The third kappa shape index (κ3) is 22.4. The van der Waals surface area contributed by atoms with E-state index in [0.717, 1.165) is 5.69 Å². The van der Waals surface area contributed by atoms with E-state index >= 15 is 0 Å². The second kappa shape index (κ2) is 37.7. The van der Waals surface area contributed by atoms with Crippen molar-refractivity contribution in [2.75, 3.05) is 28.7 Å². The molecule has 110 heavy (non-hydrogen) atoms. The van der Waals surface area contributed by atoms with Gasteiger partial charge in [-0.05, 0) is 129 Å². The first-order valence-electron chi connectivity index (χ1n) is 32.6. The van der Waals surface area contributed by atoms with Crippen LogP contribution in [0.4, 0.5) is 78.4 Å². The van der Waals surface area contributed by atoms with E-state index in [1.54, 1.807) is 6.92 Å². The summed E-state index contributed by atoms with van der Waals surface area (Å²) in [7, 11) is -4.27. The molecule has 0 aliphatic rings. The summed E-state index contributed by atoms with van der Waals surface area (Å²) in [6.07, 6.45) is 4.29. The smallest absolute Gasteiger partial charge is 0.387 e. The van der Waals surface area contributed by atoms with E-state index in [1.165, 1.54) is 123 Å². The van der Waals surface area contributed by atoms with Gasteiger partial charge in [0.15, 0.2) is 72.8 Å². The van der Waals surface area contributed by atoms with Crippen LogP contribution in [0, 0.1) is 41.8 Å². The number of aromatic nitrogens is 12. The average molecular weight is 1640 g/mol. The number of fused-ring (bicyclic) bond motifs is 3. The van der Waals surface area contributed by atoms with Gasteiger partial charge >= 0.3 is 13.2 Å². The van der Waals surface area contributed by atoms with Crippen LogP contribution in [0.25, 0.3) is 50.7 Å². The lowest BCUT2D eigenvalue weighted by Crippen LogP contribution is -2.40. The van der Waals surface area contributed by atoms with Gasteiger partial charge in [0.05, 0.1) is 70.1 Å². The maximum atomic E-state index is 14.9. The first-order valence-corrected chi connectivity index (χ1v) is 39.6. The molecule has 590 valence electrons. The number of nitrogen functional groups attached to an aromatic ring is 2. The number of hydrogen-bond donors (Lipinski definition) is 7.